The molecule has 3 N–H and O–H groups in total. The van der Waals surface area contributed by atoms with Gasteiger partial charge in [0, 0.05) is 16.5 Å². The second kappa shape index (κ2) is 7.99. The number of hydrogen-bond acceptors (Lipinski definition) is 6. The highest BCUT2D eigenvalue weighted by Gasteiger charge is 2.06. The lowest BCUT2D eigenvalue weighted by atomic mass is 10.2. The van der Waals surface area contributed by atoms with Gasteiger partial charge in [-0.3, -0.25) is 0 Å². The number of halogens is 1. The molecule has 122 valence electrons. The van der Waals surface area contributed by atoms with Crippen LogP contribution in [0.25, 0.3) is 0 Å². The minimum Gasteiger partial charge on any atom is -0.368 e. The van der Waals surface area contributed by atoms with Crippen molar-refractivity contribution in [3.8, 4) is 0 Å². The van der Waals surface area contributed by atoms with Crippen LogP contribution in [0.4, 0.5) is 17.6 Å². The number of nitrogen functional groups attached to an aromatic ring is 1. The topological polar surface area (TPSA) is 76.7 Å². The molecule has 0 radical (unpaired) electrons. The van der Waals surface area contributed by atoms with Gasteiger partial charge in [-0.1, -0.05) is 41.9 Å². The van der Waals surface area contributed by atoms with E-state index in [0.717, 1.165) is 22.0 Å². The number of benzene rings is 2. The monoisotopic (exact) mass is 357 g/mol. The van der Waals surface area contributed by atoms with Crippen molar-refractivity contribution in [3.63, 3.8) is 0 Å². The van der Waals surface area contributed by atoms with Crippen LogP contribution in [0.5, 0.6) is 0 Å². The fraction of sp³-hybridized carbons (Fsp3) is 0.118. The maximum atomic E-state index is 5.99. The molecule has 1 heterocycles. The predicted molar refractivity (Wildman–Crippen MR) is 100 cm³/mol. The molecular weight excluding hydrogens is 342 g/mol. The third-order valence-electron chi connectivity index (χ3n) is 3.12. The number of nitrogens with two attached hydrogens (primary N) is 1. The lowest BCUT2D eigenvalue weighted by Gasteiger charge is -2.07. The Labute approximate surface area is 149 Å². The fourth-order valence-corrected chi connectivity index (χ4v) is 3.14. The molecule has 0 aliphatic carbocycles. The molecule has 0 saturated carbocycles. The fourth-order valence-electron chi connectivity index (χ4n) is 2.10. The van der Waals surface area contributed by atoms with E-state index in [9.17, 15) is 0 Å². The quantitative estimate of drug-likeness (QED) is 0.685. The first-order chi connectivity index (χ1) is 11.7. The summed E-state index contributed by atoms with van der Waals surface area (Å²) in [7, 11) is 0. The number of hydrogen-bond donors (Lipinski definition) is 2. The van der Waals surface area contributed by atoms with E-state index in [1.165, 1.54) is 0 Å². The normalized spacial score (nSPS) is 10.5. The van der Waals surface area contributed by atoms with Crippen LogP contribution in [-0.2, 0) is 11.5 Å². The van der Waals surface area contributed by atoms with E-state index in [4.69, 9.17) is 17.3 Å². The summed E-state index contributed by atoms with van der Waals surface area (Å²) in [6.07, 6.45) is 0. The minimum atomic E-state index is 0.210. The van der Waals surface area contributed by atoms with Gasteiger partial charge in [0.15, 0.2) is 0 Å². The summed E-state index contributed by atoms with van der Waals surface area (Å²) in [6.45, 7) is 0. The van der Waals surface area contributed by atoms with Gasteiger partial charge < -0.3 is 11.1 Å². The Morgan fingerprint density at radius 1 is 0.958 bits per heavy atom. The zero-order chi connectivity index (χ0) is 16.8. The zero-order valence-electron chi connectivity index (χ0n) is 12.8. The van der Waals surface area contributed by atoms with E-state index in [1.807, 2.05) is 54.6 Å². The first-order valence-corrected chi connectivity index (χ1v) is 8.87. The molecule has 0 aliphatic rings. The molecule has 0 amide bonds. The predicted octanol–water partition coefficient (Wildman–Crippen LogP) is 4.28. The number of para-hydroxylation sites is 1. The average molecular weight is 358 g/mol. The van der Waals surface area contributed by atoms with Crippen molar-refractivity contribution in [2.24, 2.45) is 0 Å². The first kappa shape index (κ1) is 16.5. The van der Waals surface area contributed by atoms with Crippen LogP contribution < -0.4 is 11.1 Å². The van der Waals surface area contributed by atoms with Crippen molar-refractivity contribution in [2.45, 2.75) is 11.5 Å². The van der Waals surface area contributed by atoms with Crippen LogP contribution in [0.15, 0.2) is 54.6 Å². The summed E-state index contributed by atoms with van der Waals surface area (Å²) in [6, 6.07) is 17.5. The number of rotatable bonds is 6. The third kappa shape index (κ3) is 4.84. The van der Waals surface area contributed by atoms with E-state index in [-0.39, 0.29) is 5.95 Å². The summed E-state index contributed by atoms with van der Waals surface area (Å²) in [5.74, 6) is 2.78. The lowest BCUT2D eigenvalue weighted by molar-refractivity contribution is 0.982. The van der Waals surface area contributed by atoms with E-state index in [1.54, 1.807) is 11.8 Å². The second-order valence-corrected chi connectivity index (χ2v) is 6.47. The van der Waals surface area contributed by atoms with Crippen molar-refractivity contribution in [1.29, 1.82) is 0 Å². The number of nitrogens with zero attached hydrogens (tertiary/aromatic N) is 3. The molecule has 1 aromatic heterocycles. The van der Waals surface area contributed by atoms with Crippen LogP contribution in [0, 0.1) is 0 Å². The van der Waals surface area contributed by atoms with Crippen LogP contribution >= 0.6 is 23.4 Å². The Hall–Kier alpha value is -2.31. The van der Waals surface area contributed by atoms with Gasteiger partial charge in [0.2, 0.25) is 11.9 Å². The van der Waals surface area contributed by atoms with Gasteiger partial charge in [0.1, 0.15) is 5.82 Å². The average Bonchev–Trinajstić information content (AvgIpc) is 2.55. The van der Waals surface area contributed by atoms with E-state index in [2.05, 4.69) is 20.3 Å². The van der Waals surface area contributed by atoms with Gasteiger partial charge in [-0.05, 0) is 29.8 Å². The Balaban J connectivity index is 1.63. The van der Waals surface area contributed by atoms with Crippen molar-refractivity contribution in [1.82, 2.24) is 15.0 Å². The SMILES string of the molecule is Nc1nc(CSCc2cccc(Cl)c2)nc(Nc2ccccc2)n1. The number of aromatic nitrogens is 3. The molecule has 24 heavy (non-hydrogen) atoms. The molecule has 3 rings (SSSR count). The number of nitrogens with one attached hydrogen (secondary N) is 1. The van der Waals surface area contributed by atoms with E-state index < -0.39 is 0 Å². The Morgan fingerprint density at radius 2 is 1.79 bits per heavy atom. The Bertz CT molecular complexity index is 813. The lowest BCUT2D eigenvalue weighted by Crippen LogP contribution is -2.06. The highest BCUT2D eigenvalue weighted by molar-refractivity contribution is 7.97. The molecule has 0 spiro atoms. The van der Waals surface area contributed by atoms with Crippen LogP contribution in [0.1, 0.15) is 11.4 Å². The van der Waals surface area contributed by atoms with Gasteiger partial charge in [-0.25, -0.2) is 0 Å². The molecule has 5 nitrogen and oxygen atoms in total. The maximum absolute atomic E-state index is 5.99. The smallest absolute Gasteiger partial charge is 0.232 e. The molecule has 0 atom stereocenters. The minimum absolute atomic E-state index is 0.210. The molecule has 0 bridgehead atoms. The summed E-state index contributed by atoms with van der Waals surface area (Å²) in [5, 5.41) is 3.87. The van der Waals surface area contributed by atoms with E-state index >= 15 is 0 Å². The van der Waals surface area contributed by atoms with Gasteiger partial charge >= 0.3 is 0 Å². The largest absolute Gasteiger partial charge is 0.368 e. The maximum Gasteiger partial charge on any atom is 0.232 e. The van der Waals surface area contributed by atoms with Gasteiger partial charge in [-0.2, -0.15) is 15.0 Å². The van der Waals surface area contributed by atoms with Crippen LogP contribution in [0.2, 0.25) is 5.02 Å². The number of thioether (sulfide) groups is 1. The summed E-state index contributed by atoms with van der Waals surface area (Å²) in [4.78, 5) is 12.7. The summed E-state index contributed by atoms with van der Waals surface area (Å²) >= 11 is 7.69. The first-order valence-electron chi connectivity index (χ1n) is 7.34. The summed E-state index contributed by atoms with van der Waals surface area (Å²) in [5.41, 5.74) is 7.85. The molecular formula is C17H16ClN5S. The summed E-state index contributed by atoms with van der Waals surface area (Å²) < 4.78 is 0. The Kier molecular flexibility index (Phi) is 5.51. The molecule has 7 heteroatoms. The molecule has 0 fully saturated rings. The molecule has 3 aromatic rings. The molecule has 0 unspecified atom stereocenters. The van der Waals surface area contributed by atoms with Crippen molar-refractivity contribution in [2.75, 3.05) is 11.1 Å². The highest BCUT2D eigenvalue weighted by atomic mass is 35.5. The standard InChI is InChI=1S/C17H16ClN5S/c18-13-6-4-5-12(9-13)10-24-11-15-21-16(19)23-17(22-15)20-14-7-2-1-3-8-14/h1-9H,10-11H2,(H3,19,20,21,22,23). The van der Waals surface area contributed by atoms with Crippen LogP contribution in [0.3, 0.4) is 0 Å². The van der Waals surface area contributed by atoms with Crippen molar-refractivity contribution in [3.05, 3.63) is 71.0 Å². The van der Waals surface area contributed by atoms with Gasteiger partial charge in [0.25, 0.3) is 0 Å². The second-order valence-electron chi connectivity index (χ2n) is 5.05. The van der Waals surface area contributed by atoms with Crippen molar-refractivity contribution < 1.29 is 0 Å². The van der Waals surface area contributed by atoms with Crippen molar-refractivity contribution >= 4 is 40.9 Å². The molecule has 0 saturated heterocycles. The third-order valence-corrected chi connectivity index (χ3v) is 4.35. The van der Waals surface area contributed by atoms with Gasteiger partial charge in [-0.15, -0.1) is 11.8 Å². The highest BCUT2D eigenvalue weighted by Crippen LogP contribution is 2.20. The van der Waals surface area contributed by atoms with E-state index in [0.29, 0.717) is 17.5 Å². The number of anilines is 3. The molecule has 2 aromatic carbocycles. The van der Waals surface area contributed by atoms with Gasteiger partial charge in [0.05, 0.1) is 5.75 Å². The Morgan fingerprint density at radius 3 is 2.58 bits per heavy atom. The van der Waals surface area contributed by atoms with Crippen LogP contribution in [-0.4, -0.2) is 15.0 Å². The molecule has 0 aliphatic heterocycles. The zero-order valence-corrected chi connectivity index (χ0v) is 14.4.